The van der Waals surface area contributed by atoms with E-state index in [2.05, 4.69) is 0 Å². The number of hydrogen-bond acceptors (Lipinski definition) is 4. The zero-order valence-electron chi connectivity index (χ0n) is 11.2. The highest BCUT2D eigenvalue weighted by molar-refractivity contribution is 6.31. The summed E-state index contributed by atoms with van der Waals surface area (Å²) in [7, 11) is 0. The van der Waals surface area contributed by atoms with E-state index < -0.39 is 0 Å². The molecule has 4 N–H and O–H groups in total. The molecule has 0 saturated heterocycles. The standard InChI is InChI=1S/C14H19ClN2O3/c15-10-8-13-12(19-5-2-6-20-13)7-9(10)11(16)3-1-4-14(17)18/h7-8,11H,1-6,16H2,(H2,17,18). The van der Waals surface area contributed by atoms with Crippen molar-refractivity contribution in [3.63, 3.8) is 0 Å². The lowest BCUT2D eigenvalue weighted by atomic mass is 10.0. The van der Waals surface area contributed by atoms with Crippen LogP contribution in [-0.2, 0) is 4.79 Å². The molecule has 1 unspecified atom stereocenters. The van der Waals surface area contributed by atoms with Crippen molar-refractivity contribution in [3.8, 4) is 11.5 Å². The number of ether oxygens (including phenoxy) is 2. The largest absolute Gasteiger partial charge is 0.490 e. The summed E-state index contributed by atoms with van der Waals surface area (Å²) in [6, 6.07) is 3.32. The Balaban J connectivity index is 2.10. The molecular weight excluding hydrogens is 280 g/mol. The van der Waals surface area contributed by atoms with E-state index in [0.717, 1.165) is 12.0 Å². The number of benzene rings is 1. The number of rotatable bonds is 5. The number of halogens is 1. The highest BCUT2D eigenvalue weighted by Crippen LogP contribution is 2.37. The highest BCUT2D eigenvalue weighted by atomic mass is 35.5. The summed E-state index contributed by atoms with van der Waals surface area (Å²) in [5, 5.41) is 0.556. The van der Waals surface area contributed by atoms with E-state index >= 15 is 0 Å². The molecule has 20 heavy (non-hydrogen) atoms. The molecule has 0 fully saturated rings. The maximum atomic E-state index is 10.7. The zero-order chi connectivity index (χ0) is 14.5. The Morgan fingerprint density at radius 3 is 2.60 bits per heavy atom. The zero-order valence-corrected chi connectivity index (χ0v) is 12.0. The molecule has 2 rings (SSSR count). The fourth-order valence-corrected chi connectivity index (χ4v) is 2.43. The van der Waals surface area contributed by atoms with Gasteiger partial charge in [0.2, 0.25) is 5.91 Å². The molecule has 1 aromatic rings. The molecular formula is C14H19ClN2O3. The van der Waals surface area contributed by atoms with Crippen LogP contribution in [0, 0.1) is 0 Å². The van der Waals surface area contributed by atoms with E-state index in [1.165, 1.54) is 0 Å². The Morgan fingerprint density at radius 1 is 1.30 bits per heavy atom. The monoisotopic (exact) mass is 298 g/mol. The van der Waals surface area contributed by atoms with Crippen molar-refractivity contribution in [1.82, 2.24) is 0 Å². The first-order valence-electron chi connectivity index (χ1n) is 6.71. The number of amides is 1. The van der Waals surface area contributed by atoms with Crippen molar-refractivity contribution < 1.29 is 14.3 Å². The smallest absolute Gasteiger partial charge is 0.217 e. The first-order chi connectivity index (χ1) is 9.58. The third-order valence-corrected chi connectivity index (χ3v) is 3.53. The van der Waals surface area contributed by atoms with Gasteiger partial charge in [0.05, 0.1) is 13.2 Å². The number of nitrogens with two attached hydrogens (primary N) is 2. The molecule has 0 radical (unpaired) electrons. The molecule has 1 aromatic carbocycles. The number of primary amides is 1. The average Bonchev–Trinajstić information content (AvgIpc) is 2.61. The van der Waals surface area contributed by atoms with E-state index in [0.29, 0.717) is 49.0 Å². The van der Waals surface area contributed by atoms with Crippen LogP contribution in [0.4, 0.5) is 0 Å². The lowest BCUT2D eigenvalue weighted by Crippen LogP contribution is -2.14. The van der Waals surface area contributed by atoms with E-state index in [1.807, 2.05) is 6.07 Å². The average molecular weight is 299 g/mol. The van der Waals surface area contributed by atoms with Crippen molar-refractivity contribution in [2.75, 3.05) is 13.2 Å². The molecule has 1 heterocycles. The van der Waals surface area contributed by atoms with E-state index in [9.17, 15) is 4.79 Å². The third-order valence-electron chi connectivity index (χ3n) is 3.20. The summed E-state index contributed by atoms with van der Waals surface area (Å²) in [6.07, 6.45) is 2.45. The van der Waals surface area contributed by atoms with Crippen LogP contribution < -0.4 is 20.9 Å². The van der Waals surface area contributed by atoms with Crippen LogP contribution in [0.15, 0.2) is 12.1 Å². The van der Waals surface area contributed by atoms with Gasteiger partial charge in [-0.2, -0.15) is 0 Å². The van der Waals surface area contributed by atoms with Gasteiger partial charge in [0.15, 0.2) is 11.5 Å². The molecule has 1 aliphatic rings. The van der Waals surface area contributed by atoms with Crippen LogP contribution in [0.5, 0.6) is 11.5 Å². The van der Waals surface area contributed by atoms with Crippen molar-refractivity contribution in [2.45, 2.75) is 31.7 Å². The van der Waals surface area contributed by atoms with E-state index in [1.54, 1.807) is 6.07 Å². The van der Waals surface area contributed by atoms with Crippen molar-refractivity contribution in [2.24, 2.45) is 11.5 Å². The summed E-state index contributed by atoms with van der Waals surface area (Å²) < 4.78 is 11.2. The number of carbonyl (C=O) groups excluding carboxylic acids is 1. The van der Waals surface area contributed by atoms with E-state index in [4.69, 9.17) is 32.5 Å². The number of carbonyl (C=O) groups is 1. The Bertz CT molecular complexity index is 494. The molecule has 1 amide bonds. The van der Waals surface area contributed by atoms with Gasteiger partial charge in [-0.05, 0) is 24.5 Å². The number of hydrogen-bond donors (Lipinski definition) is 2. The second-order valence-corrected chi connectivity index (χ2v) is 5.24. The van der Waals surface area contributed by atoms with Crippen LogP contribution in [-0.4, -0.2) is 19.1 Å². The SMILES string of the molecule is NC(=O)CCCC(N)c1cc2c(cc1Cl)OCCCO2. The molecule has 6 heteroatoms. The Kier molecular flexibility index (Phi) is 5.09. The quantitative estimate of drug-likeness (QED) is 0.872. The fraction of sp³-hybridized carbons (Fsp3) is 0.500. The second-order valence-electron chi connectivity index (χ2n) is 4.84. The molecule has 0 aromatic heterocycles. The van der Waals surface area contributed by atoms with Gasteiger partial charge in [0, 0.05) is 30.0 Å². The molecule has 5 nitrogen and oxygen atoms in total. The Morgan fingerprint density at radius 2 is 1.95 bits per heavy atom. The van der Waals surface area contributed by atoms with Gasteiger partial charge < -0.3 is 20.9 Å². The van der Waals surface area contributed by atoms with Gasteiger partial charge in [-0.15, -0.1) is 0 Å². The molecule has 0 aliphatic carbocycles. The van der Waals surface area contributed by atoms with Gasteiger partial charge in [-0.1, -0.05) is 11.6 Å². The second kappa shape index (κ2) is 6.81. The summed E-state index contributed by atoms with van der Waals surface area (Å²) in [6.45, 7) is 1.23. The van der Waals surface area contributed by atoms with Crippen molar-refractivity contribution in [3.05, 3.63) is 22.7 Å². The Labute approximate surface area is 123 Å². The normalized spacial score (nSPS) is 15.5. The maximum Gasteiger partial charge on any atom is 0.217 e. The third kappa shape index (κ3) is 3.77. The van der Waals surface area contributed by atoms with Gasteiger partial charge >= 0.3 is 0 Å². The minimum atomic E-state index is -0.318. The van der Waals surface area contributed by atoms with Crippen LogP contribution in [0.3, 0.4) is 0 Å². The summed E-state index contributed by atoms with van der Waals surface area (Å²) in [5.74, 6) is 1.01. The summed E-state index contributed by atoms with van der Waals surface area (Å²) in [4.78, 5) is 10.7. The number of fused-ring (bicyclic) bond motifs is 1. The van der Waals surface area contributed by atoms with Gasteiger partial charge in [-0.25, -0.2) is 0 Å². The minimum absolute atomic E-state index is 0.251. The Hall–Kier alpha value is -1.46. The van der Waals surface area contributed by atoms with Crippen LogP contribution in [0.2, 0.25) is 5.02 Å². The fourth-order valence-electron chi connectivity index (χ4n) is 2.14. The predicted molar refractivity (Wildman–Crippen MR) is 77.0 cm³/mol. The van der Waals surface area contributed by atoms with Crippen LogP contribution in [0.1, 0.15) is 37.3 Å². The van der Waals surface area contributed by atoms with Gasteiger partial charge in [0.1, 0.15) is 0 Å². The maximum absolute atomic E-state index is 10.7. The minimum Gasteiger partial charge on any atom is -0.490 e. The van der Waals surface area contributed by atoms with Gasteiger partial charge in [0.25, 0.3) is 0 Å². The molecule has 1 aliphatic heterocycles. The van der Waals surface area contributed by atoms with Crippen LogP contribution >= 0.6 is 11.6 Å². The first kappa shape index (κ1) is 14.9. The molecule has 0 bridgehead atoms. The first-order valence-corrected chi connectivity index (χ1v) is 7.08. The van der Waals surface area contributed by atoms with E-state index in [-0.39, 0.29) is 11.9 Å². The molecule has 0 saturated carbocycles. The highest BCUT2D eigenvalue weighted by Gasteiger charge is 2.17. The topological polar surface area (TPSA) is 87.6 Å². The lowest BCUT2D eigenvalue weighted by Gasteiger charge is -2.16. The van der Waals surface area contributed by atoms with Gasteiger partial charge in [-0.3, -0.25) is 4.79 Å². The van der Waals surface area contributed by atoms with Crippen molar-refractivity contribution in [1.29, 1.82) is 0 Å². The summed E-state index contributed by atoms with van der Waals surface area (Å²) >= 11 is 6.24. The lowest BCUT2D eigenvalue weighted by molar-refractivity contribution is -0.118. The molecule has 0 spiro atoms. The predicted octanol–water partition coefficient (Wildman–Crippen LogP) is 2.16. The molecule has 110 valence electrons. The van der Waals surface area contributed by atoms with Crippen molar-refractivity contribution >= 4 is 17.5 Å². The van der Waals surface area contributed by atoms with Crippen LogP contribution in [0.25, 0.3) is 0 Å². The molecule has 1 atom stereocenters. The summed E-state index contributed by atoms with van der Waals surface area (Å²) in [5.41, 5.74) is 12.0.